The second-order valence-electron chi connectivity index (χ2n) is 4.04. The molecule has 0 amide bonds. The molecule has 0 aliphatic heterocycles. The van der Waals surface area contributed by atoms with Gasteiger partial charge in [-0.1, -0.05) is 0 Å². The minimum Gasteiger partial charge on any atom is -0.493 e. The zero-order valence-corrected chi connectivity index (χ0v) is 9.94. The third-order valence-corrected chi connectivity index (χ3v) is 3.36. The van der Waals surface area contributed by atoms with Crippen LogP contribution in [0.5, 0.6) is 5.88 Å². The first-order chi connectivity index (χ1) is 7.65. The Morgan fingerprint density at radius 1 is 1.44 bits per heavy atom. The van der Waals surface area contributed by atoms with Crippen molar-refractivity contribution in [3.8, 4) is 5.88 Å². The van der Waals surface area contributed by atoms with Gasteiger partial charge in [0.25, 0.3) is 5.56 Å². The van der Waals surface area contributed by atoms with Crippen LogP contribution in [0.25, 0.3) is 5.65 Å². The molecule has 0 bridgehead atoms. The minimum absolute atomic E-state index is 0.245. The molecule has 0 unspecified atom stereocenters. The Morgan fingerprint density at radius 3 is 2.88 bits per heavy atom. The van der Waals surface area contributed by atoms with E-state index in [4.69, 9.17) is 0 Å². The summed E-state index contributed by atoms with van der Waals surface area (Å²) in [5.41, 5.74) is 1.34. The molecule has 5 heteroatoms. The lowest BCUT2D eigenvalue weighted by Crippen LogP contribution is -2.14. The maximum atomic E-state index is 11.7. The summed E-state index contributed by atoms with van der Waals surface area (Å²) in [5.74, 6) is 0.325. The first-order valence-electron chi connectivity index (χ1n) is 5.07. The van der Waals surface area contributed by atoms with Crippen LogP contribution in [0.1, 0.15) is 24.3 Å². The van der Waals surface area contributed by atoms with E-state index in [1.807, 2.05) is 12.3 Å². The zero-order chi connectivity index (χ0) is 11.3. The molecule has 0 saturated heterocycles. The predicted molar refractivity (Wildman–Crippen MR) is 62.8 cm³/mol. The first kappa shape index (κ1) is 9.84. The number of hydrogen-bond donors (Lipinski definition) is 1. The lowest BCUT2D eigenvalue weighted by Gasteiger charge is -2.06. The number of halogens is 1. The van der Waals surface area contributed by atoms with Crippen molar-refractivity contribution in [2.45, 2.75) is 18.8 Å². The highest BCUT2D eigenvalue weighted by molar-refractivity contribution is 9.10. The van der Waals surface area contributed by atoms with Crippen molar-refractivity contribution in [3.63, 3.8) is 0 Å². The average molecular weight is 281 g/mol. The van der Waals surface area contributed by atoms with E-state index in [0.717, 1.165) is 16.1 Å². The molecule has 2 aromatic heterocycles. The summed E-state index contributed by atoms with van der Waals surface area (Å²) in [6.07, 6.45) is 4.17. The highest BCUT2D eigenvalue weighted by atomic mass is 79.9. The van der Waals surface area contributed by atoms with E-state index in [1.165, 1.54) is 17.2 Å². The molecule has 1 aliphatic carbocycles. The summed E-state index contributed by atoms with van der Waals surface area (Å²) in [5, 5.41) is 9.28. The van der Waals surface area contributed by atoms with Gasteiger partial charge < -0.3 is 5.11 Å². The third kappa shape index (κ3) is 1.51. The Kier molecular flexibility index (Phi) is 2.04. The number of aromatic hydroxyl groups is 1. The van der Waals surface area contributed by atoms with Crippen LogP contribution in [0, 0.1) is 0 Å². The summed E-state index contributed by atoms with van der Waals surface area (Å²) in [7, 11) is 0. The quantitative estimate of drug-likeness (QED) is 0.870. The maximum absolute atomic E-state index is 11.7. The summed E-state index contributed by atoms with van der Waals surface area (Å²) >= 11 is 3.38. The second kappa shape index (κ2) is 3.31. The molecular weight excluding hydrogens is 272 g/mol. The standard InChI is InChI=1S/C11H9BrN2O2/c12-8-3-7(6-1-2-6)5-14-10(16)4-9(15)13-11(8)14/h3-6,15H,1-2H2. The number of pyridine rings is 1. The highest BCUT2D eigenvalue weighted by Gasteiger charge is 2.24. The fraction of sp³-hybridized carbons (Fsp3) is 0.273. The van der Waals surface area contributed by atoms with Gasteiger partial charge in [-0.25, -0.2) is 0 Å². The normalized spacial score (nSPS) is 15.6. The van der Waals surface area contributed by atoms with E-state index >= 15 is 0 Å². The van der Waals surface area contributed by atoms with Gasteiger partial charge in [0, 0.05) is 6.20 Å². The number of hydrogen-bond acceptors (Lipinski definition) is 3. The van der Waals surface area contributed by atoms with Gasteiger partial charge >= 0.3 is 0 Å². The van der Waals surface area contributed by atoms with E-state index in [2.05, 4.69) is 20.9 Å². The van der Waals surface area contributed by atoms with Gasteiger partial charge in [0.1, 0.15) is 0 Å². The Labute approximate surface area is 99.7 Å². The molecule has 1 saturated carbocycles. The van der Waals surface area contributed by atoms with Gasteiger partial charge in [0.05, 0.1) is 10.5 Å². The van der Waals surface area contributed by atoms with E-state index in [9.17, 15) is 9.90 Å². The monoisotopic (exact) mass is 280 g/mol. The molecule has 2 heterocycles. The Hall–Kier alpha value is -1.36. The van der Waals surface area contributed by atoms with Crippen molar-refractivity contribution in [3.05, 3.63) is 38.7 Å². The SMILES string of the molecule is O=c1cc(O)nc2c(Br)cc(C3CC3)cn12. The van der Waals surface area contributed by atoms with Crippen molar-refractivity contribution in [1.82, 2.24) is 9.38 Å². The van der Waals surface area contributed by atoms with E-state index < -0.39 is 0 Å². The van der Waals surface area contributed by atoms with Crippen LogP contribution in [0.3, 0.4) is 0 Å². The summed E-state index contributed by atoms with van der Waals surface area (Å²) in [4.78, 5) is 15.6. The van der Waals surface area contributed by atoms with Crippen LogP contribution in [0.4, 0.5) is 0 Å². The smallest absolute Gasteiger partial charge is 0.261 e. The van der Waals surface area contributed by atoms with Crippen molar-refractivity contribution in [2.75, 3.05) is 0 Å². The predicted octanol–water partition coefficient (Wildman–Crippen LogP) is 2.04. The van der Waals surface area contributed by atoms with Gasteiger partial charge in [0.2, 0.25) is 5.88 Å². The van der Waals surface area contributed by atoms with Crippen molar-refractivity contribution < 1.29 is 5.11 Å². The van der Waals surface area contributed by atoms with E-state index in [1.54, 1.807) is 0 Å². The molecule has 16 heavy (non-hydrogen) atoms. The number of rotatable bonds is 1. The van der Waals surface area contributed by atoms with Crippen LogP contribution in [0.2, 0.25) is 0 Å². The molecule has 1 N–H and O–H groups in total. The minimum atomic E-state index is -0.259. The Bertz CT molecular complexity index is 632. The first-order valence-corrected chi connectivity index (χ1v) is 5.86. The summed E-state index contributed by atoms with van der Waals surface area (Å²) in [6.45, 7) is 0. The van der Waals surface area contributed by atoms with Crippen LogP contribution in [-0.4, -0.2) is 14.5 Å². The number of aromatic nitrogens is 2. The van der Waals surface area contributed by atoms with Crippen molar-refractivity contribution in [2.24, 2.45) is 0 Å². The van der Waals surface area contributed by atoms with Crippen LogP contribution in [0.15, 0.2) is 27.6 Å². The molecular formula is C11H9BrN2O2. The summed E-state index contributed by atoms with van der Waals surface area (Å²) in [6, 6.07) is 3.09. The molecule has 2 aromatic rings. The number of nitrogens with zero attached hydrogens (tertiary/aromatic N) is 2. The van der Waals surface area contributed by atoms with E-state index in [0.29, 0.717) is 11.6 Å². The van der Waals surface area contributed by atoms with Crippen LogP contribution >= 0.6 is 15.9 Å². The maximum Gasteiger partial charge on any atom is 0.261 e. The molecule has 1 fully saturated rings. The zero-order valence-electron chi connectivity index (χ0n) is 8.35. The molecule has 0 spiro atoms. The number of fused-ring (bicyclic) bond motifs is 1. The molecule has 3 rings (SSSR count). The molecule has 82 valence electrons. The average Bonchev–Trinajstić information content (AvgIpc) is 3.02. The second-order valence-corrected chi connectivity index (χ2v) is 4.90. The van der Waals surface area contributed by atoms with Crippen LogP contribution < -0.4 is 5.56 Å². The van der Waals surface area contributed by atoms with Crippen molar-refractivity contribution >= 4 is 21.6 Å². The lowest BCUT2D eigenvalue weighted by molar-refractivity contribution is 0.452. The Morgan fingerprint density at radius 2 is 2.19 bits per heavy atom. The van der Waals surface area contributed by atoms with Gasteiger partial charge in [-0.2, -0.15) is 4.98 Å². The van der Waals surface area contributed by atoms with Gasteiger partial charge in [-0.3, -0.25) is 9.20 Å². The fourth-order valence-corrected chi connectivity index (χ4v) is 2.35. The molecule has 4 nitrogen and oxygen atoms in total. The summed E-state index contributed by atoms with van der Waals surface area (Å²) < 4.78 is 2.21. The Balaban J connectivity index is 2.37. The van der Waals surface area contributed by atoms with Crippen molar-refractivity contribution in [1.29, 1.82) is 0 Å². The van der Waals surface area contributed by atoms with Gasteiger partial charge in [-0.05, 0) is 46.3 Å². The van der Waals surface area contributed by atoms with Gasteiger partial charge in [-0.15, -0.1) is 0 Å². The molecule has 0 radical (unpaired) electrons. The molecule has 1 aliphatic rings. The molecule has 0 aromatic carbocycles. The van der Waals surface area contributed by atoms with E-state index in [-0.39, 0.29) is 11.4 Å². The third-order valence-electron chi connectivity index (χ3n) is 2.77. The largest absolute Gasteiger partial charge is 0.493 e. The topological polar surface area (TPSA) is 54.6 Å². The van der Waals surface area contributed by atoms with Crippen LogP contribution in [-0.2, 0) is 0 Å². The molecule has 0 atom stereocenters. The fourth-order valence-electron chi connectivity index (χ4n) is 1.81. The highest BCUT2D eigenvalue weighted by Crippen LogP contribution is 2.40. The van der Waals surface area contributed by atoms with Gasteiger partial charge in [0.15, 0.2) is 5.65 Å². The lowest BCUT2D eigenvalue weighted by atomic mass is 10.2.